The van der Waals surface area contributed by atoms with Crippen molar-refractivity contribution < 1.29 is 0 Å². The SMILES string of the molecule is c1cc2c3c4c1-c1ccc5c6c1C4=C1C4=C7C8=C1[C@]6(N1CCNCC1)c1c-5ccc5c1[C@@]8(N1CCNCC1)c1c-5ccc5c1[C@@]7(N1CCNCC1)c1c-5ccc-2c1[C@]43N1CCNCC1. The zero-order valence-corrected chi connectivity index (χ0v) is 35.9. The van der Waals surface area contributed by atoms with Gasteiger partial charge in [-0.2, -0.15) is 0 Å². The van der Waals surface area contributed by atoms with Crippen LogP contribution in [0.25, 0.3) is 61.2 Å². The molecule has 8 nitrogen and oxygen atoms in total. The summed E-state index contributed by atoms with van der Waals surface area (Å²) < 4.78 is 0. The zero-order valence-electron chi connectivity index (χ0n) is 35.9. The molecule has 11 aliphatic carbocycles. The van der Waals surface area contributed by atoms with Crippen LogP contribution in [0.15, 0.2) is 88.5 Å². The molecule has 0 saturated carbocycles. The molecule has 0 aromatic heterocycles. The zero-order chi connectivity index (χ0) is 40.5. The Bertz CT molecular complexity index is 3230. The average Bonchev–Trinajstić information content (AvgIpc) is 4.18. The summed E-state index contributed by atoms with van der Waals surface area (Å²) in [5.41, 5.74) is 40.0. The summed E-state index contributed by atoms with van der Waals surface area (Å²) in [6, 6.07) is 26.1. The summed E-state index contributed by atoms with van der Waals surface area (Å²) in [5, 5.41) is 15.5. The Morgan fingerprint density at radius 1 is 0.266 bits per heavy atom. The van der Waals surface area contributed by atoms with E-state index in [-0.39, 0.29) is 22.2 Å². The van der Waals surface area contributed by atoms with E-state index in [1.165, 1.54) is 55.6 Å². The number of nitrogens with one attached hydrogen (secondary N) is 4. The van der Waals surface area contributed by atoms with Crippen LogP contribution in [0, 0.1) is 0 Å². The number of hydrogen-bond acceptors (Lipinski definition) is 8. The second kappa shape index (κ2) is 9.75. The standard InChI is InChI=1S/C56H46N8/c1-3-29-31-5-7-33-35-9-10-36-34-8-6-32-30-4-2-28-27(1)37-39-38(28)42(30)54(62-21-13-58-14-22-62)44(32)46(34)56(64-25-17-60-18-26-64)48(36)47(35)55(63-23-15-59-16-24-63)45(33)43(31)53(41(29)37,61-19-11-57-12-20-61)49-40(39)50(54)52(56)51(49)55/h1-10,57-60H,11-26H2/t53-,54+,55-,56+. The van der Waals surface area contributed by atoms with Crippen LogP contribution in [0.2, 0.25) is 0 Å². The smallest absolute Gasteiger partial charge is 0.101 e. The molecule has 4 fully saturated rings. The van der Waals surface area contributed by atoms with E-state index in [0.29, 0.717) is 0 Å². The minimum atomic E-state index is -0.383. The Balaban J connectivity index is 1.13. The van der Waals surface area contributed by atoms with Gasteiger partial charge in [-0.15, -0.1) is 0 Å². The molecule has 15 aliphatic rings. The topological polar surface area (TPSA) is 61.1 Å². The van der Waals surface area contributed by atoms with Crippen molar-refractivity contribution in [3.8, 4) is 55.6 Å². The summed E-state index contributed by atoms with van der Waals surface area (Å²) in [4.78, 5) is 12.2. The molecule has 0 radical (unpaired) electrons. The lowest BCUT2D eigenvalue weighted by atomic mass is 9.52. The minimum Gasteiger partial charge on any atom is -0.314 e. The maximum atomic E-state index is 3.87. The quantitative estimate of drug-likeness (QED) is 0.199. The maximum Gasteiger partial charge on any atom is 0.101 e. The normalized spacial score (nSPS) is 33.1. The van der Waals surface area contributed by atoms with E-state index in [4.69, 9.17) is 0 Å². The van der Waals surface area contributed by atoms with Gasteiger partial charge in [-0.25, -0.2) is 0 Å². The van der Waals surface area contributed by atoms with Crippen LogP contribution < -0.4 is 21.3 Å². The van der Waals surface area contributed by atoms with Crippen LogP contribution in [0.4, 0.5) is 0 Å². The summed E-state index contributed by atoms with van der Waals surface area (Å²) in [6.45, 7) is 16.5. The van der Waals surface area contributed by atoms with Gasteiger partial charge in [-0.1, -0.05) is 60.7 Å². The lowest BCUT2D eigenvalue weighted by molar-refractivity contribution is 0.0780. The molecule has 0 unspecified atom stereocenters. The Labute approximate surface area is 371 Å². The van der Waals surface area contributed by atoms with Crippen molar-refractivity contribution in [2.75, 3.05) is 105 Å². The van der Waals surface area contributed by atoms with Gasteiger partial charge in [-0.05, 0) is 145 Å². The first kappa shape index (κ1) is 32.6. The molecular formula is C56H46N8. The van der Waals surface area contributed by atoms with Crippen molar-refractivity contribution in [1.82, 2.24) is 40.9 Å². The van der Waals surface area contributed by atoms with Crippen molar-refractivity contribution in [2.45, 2.75) is 22.2 Å². The van der Waals surface area contributed by atoms with Gasteiger partial charge in [0.25, 0.3) is 0 Å². The Morgan fingerprint density at radius 3 is 0.781 bits per heavy atom. The highest BCUT2D eigenvalue weighted by Crippen LogP contribution is 2.86. The molecule has 20 rings (SSSR count). The highest BCUT2D eigenvalue weighted by molar-refractivity contribution is 6.20. The monoisotopic (exact) mass is 830 g/mol. The molecule has 5 aromatic rings. The third-order valence-corrected chi connectivity index (χ3v) is 20.2. The van der Waals surface area contributed by atoms with Gasteiger partial charge in [0.05, 0.1) is 0 Å². The molecule has 0 bridgehead atoms. The Kier molecular flexibility index (Phi) is 4.97. The highest BCUT2D eigenvalue weighted by Gasteiger charge is 2.80. The van der Waals surface area contributed by atoms with E-state index in [1.54, 1.807) is 89.1 Å². The van der Waals surface area contributed by atoms with E-state index in [0.717, 1.165) is 105 Å². The number of piperazine rings is 4. The van der Waals surface area contributed by atoms with Gasteiger partial charge >= 0.3 is 0 Å². The van der Waals surface area contributed by atoms with E-state index < -0.39 is 0 Å². The molecule has 0 amide bonds. The van der Waals surface area contributed by atoms with Crippen LogP contribution in [-0.2, 0) is 22.2 Å². The van der Waals surface area contributed by atoms with E-state index >= 15 is 0 Å². The predicted octanol–water partition coefficient (Wildman–Crippen LogP) is 4.96. The fourth-order valence-electron chi connectivity index (χ4n) is 18.9. The molecule has 4 atom stereocenters. The van der Waals surface area contributed by atoms with Crippen molar-refractivity contribution in [1.29, 1.82) is 0 Å². The number of hydrogen-bond donors (Lipinski definition) is 4. The molecule has 4 saturated heterocycles. The molecule has 8 heteroatoms. The third kappa shape index (κ3) is 2.64. The van der Waals surface area contributed by atoms with E-state index in [9.17, 15) is 0 Å². The number of benzene rings is 5. The van der Waals surface area contributed by atoms with Crippen LogP contribution in [0.5, 0.6) is 0 Å². The van der Waals surface area contributed by atoms with Crippen molar-refractivity contribution in [3.05, 3.63) is 144 Å². The predicted molar refractivity (Wildman–Crippen MR) is 248 cm³/mol. The Morgan fingerprint density at radius 2 is 0.500 bits per heavy atom. The van der Waals surface area contributed by atoms with Crippen LogP contribution in [0.1, 0.15) is 55.6 Å². The highest BCUT2D eigenvalue weighted by atomic mass is 15.3. The van der Waals surface area contributed by atoms with Crippen LogP contribution in [-0.4, -0.2) is 124 Å². The van der Waals surface area contributed by atoms with E-state index in [1.807, 2.05) is 0 Å². The largest absolute Gasteiger partial charge is 0.314 e. The third-order valence-electron chi connectivity index (χ3n) is 20.2. The van der Waals surface area contributed by atoms with Gasteiger partial charge in [0.2, 0.25) is 0 Å². The van der Waals surface area contributed by atoms with Gasteiger partial charge in [0, 0.05) is 105 Å². The van der Waals surface area contributed by atoms with Gasteiger partial charge < -0.3 is 21.3 Å². The van der Waals surface area contributed by atoms with E-state index in [2.05, 4.69) is 102 Å². The lowest BCUT2D eigenvalue weighted by Crippen LogP contribution is -2.67. The van der Waals surface area contributed by atoms with Crippen molar-refractivity contribution >= 4 is 5.57 Å². The number of nitrogens with zero attached hydrogens (tertiary/aromatic N) is 4. The molecule has 4 aliphatic heterocycles. The summed E-state index contributed by atoms with van der Waals surface area (Å²) >= 11 is 0. The number of fused-ring (bicyclic) bond motifs is 5. The van der Waals surface area contributed by atoms with Crippen molar-refractivity contribution in [3.63, 3.8) is 0 Å². The molecule has 4 heterocycles. The second-order valence-electron chi connectivity index (χ2n) is 21.6. The number of rotatable bonds is 4. The van der Waals surface area contributed by atoms with Crippen molar-refractivity contribution in [2.24, 2.45) is 0 Å². The summed E-state index contributed by atoms with van der Waals surface area (Å²) in [7, 11) is 0. The fraction of sp³-hybridized carbons (Fsp3) is 0.357. The Hall–Kier alpha value is -5.00. The minimum absolute atomic E-state index is 0.373. The molecule has 310 valence electrons. The fourth-order valence-corrected chi connectivity index (χ4v) is 18.9. The first-order chi connectivity index (χ1) is 31.8. The molecule has 0 spiro atoms. The molecule has 64 heavy (non-hydrogen) atoms. The van der Waals surface area contributed by atoms with Gasteiger partial charge in [0.1, 0.15) is 22.2 Å². The second-order valence-corrected chi connectivity index (χ2v) is 21.6. The van der Waals surface area contributed by atoms with Gasteiger partial charge in [0.15, 0.2) is 0 Å². The molecular weight excluding hydrogens is 785 g/mol. The average molecular weight is 831 g/mol. The molecule has 4 N–H and O–H groups in total. The lowest BCUT2D eigenvalue weighted by Gasteiger charge is -2.62. The molecule has 5 aromatic carbocycles. The summed E-state index contributed by atoms with van der Waals surface area (Å²) in [6.07, 6.45) is 0. The first-order valence-electron chi connectivity index (χ1n) is 24.8. The van der Waals surface area contributed by atoms with Gasteiger partial charge in [-0.3, -0.25) is 19.6 Å². The van der Waals surface area contributed by atoms with Crippen LogP contribution in [0.3, 0.4) is 0 Å². The summed E-state index contributed by atoms with van der Waals surface area (Å²) in [5.74, 6) is 0. The van der Waals surface area contributed by atoms with Crippen LogP contribution >= 0.6 is 0 Å². The first-order valence-corrected chi connectivity index (χ1v) is 24.8. The maximum absolute atomic E-state index is 3.87.